The van der Waals surface area contributed by atoms with Gasteiger partial charge >= 0.3 is 0 Å². The molecule has 3 aromatic carbocycles. The van der Waals surface area contributed by atoms with Crippen molar-refractivity contribution in [2.24, 2.45) is 17.4 Å². The third-order valence-corrected chi connectivity index (χ3v) is 8.49. The van der Waals surface area contributed by atoms with E-state index in [4.69, 9.17) is 11.5 Å². The Balaban J connectivity index is 1.94. The minimum atomic E-state index is -0.714. The number of benzene rings is 3. The molecule has 0 fully saturated rings. The van der Waals surface area contributed by atoms with Crippen LogP contribution in [0.1, 0.15) is 49.8 Å². The lowest BCUT2D eigenvalue weighted by atomic mass is 9.84. The van der Waals surface area contributed by atoms with Gasteiger partial charge in [-0.3, -0.25) is 14.4 Å². The molecule has 0 aromatic heterocycles. The lowest BCUT2D eigenvalue weighted by molar-refractivity contribution is -0.130. The van der Waals surface area contributed by atoms with Crippen LogP contribution in [0, 0.1) is 5.92 Å². The first-order valence-electron chi connectivity index (χ1n) is 13.0. The number of Topliss-reactive ketones (excluding diaryl/α,β-unsaturated/α-hetero) is 1. The minimum absolute atomic E-state index is 0.0586. The topological polar surface area (TPSA) is 115 Å². The molecule has 0 spiro atoms. The summed E-state index contributed by atoms with van der Waals surface area (Å²) in [4.78, 5) is 38.1. The fraction of sp³-hybridized carbons (Fsp3) is 0.323. The second kappa shape index (κ2) is 13.9. The van der Waals surface area contributed by atoms with Gasteiger partial charge in [-0.05, 0) is 29.5 Å². The van der Waals surface area contributed by atoms with Gasteiger partial charge in [-0.1, -0.05) is 105 Å². The third-order valence-electron chi connectivity index (χ3n) is 6.78. The van der Waals surface area contributed by atoms with Crippen molar-refractivity contribution < 1.29 is 14.4 Å². The Morgan fingerprint density at radius 2 is 1.24 bits per heavy atom. The monoisotopic (exact) mass is 531 g/mol. The van der Waals surface area contributed by atoms with Gasteiger partial charge in [-0.25, -0.2) is 0 Å². The Morgan fingerprint density at radius 1 is 0.789 bits per heavy atom. The summed E-state index contributed by atoms with van der Waals surface area (Å²) in [5, 5.41) is 2.74. The van der Waals surface area contributed by atoms with Gasteiger partial charge in [0.05, 0.1) is 22.7 Å². The summed E-state index contributed by atoms with van der Waals surface area (Å²) >= 11 is 1.59. The molecule has 0 saturated carbocycles. The van der Waals surface area contributed by atoms with E-state index in [1.165, 1.54) is 0 Å². The molecule has 3 aromatic rings. The average molecular weight is 532 g/mol. The molecule has 0 saturated heterocycles. The molecule has 5 N–H and O–H groups in total. The lowest BCUT2D eigenvalue weighted by Gasteiger charge is -2.36. The summed E-state index contributed by atoms with van der Waals surface area (Å²) in [6, 6.07) is 29.0. The van der Waals surface area contributed by atoms with Gasteiger partial charge in [0.2, 0.25) is 11.8 Å². The van der Waals surface area contributed by atoms with Crippen LogP contribution in [0.2, 0.25) is 0 Å². The normalized spacial score (nSPS) is 13.8. The van der Waals surface area contributed by atoms with E-state index < -0.39 is 28.7 Å². The zero-order valence-corrected chi connectivity index (χ0v) is 22.8. The molecule has 2 amide bonds. The minimum Gasteiger partial charge on any atom is -0.369 e. The van der Waals surface area contributed by atoms with Crippen LogP contribution in [0.15, 0.2) is 91.0 Å². The van der Waals surface area contributed by atoms with Crippen molar-refractivity contribution in [3.8, 4) is 0 Å². The highest BCUT2D eigenvalue weighted by atomic mass is 32.2. The number of carbonyl (C=O) groups is 3. The van der Waals surface area contributed by atoms with Crippen molar-refractivity contribution in [3.63, 3.8) is 0 Å². The van der Waals surface area contributed by atoms with E-state index in [9.17, 15) is 14.4 Å². The number of ketones is 1. The number of rotatable bonds is 14. The number of nitrogens with one attached hydrogen (secondary N) is 1. The SMILES string of the molecule is CC[C@H](NC(=O)[C@@H](N)CC)C(=O)C[C@@H](CSC(c1ccccc1)(c1ccccc1)c1ccccc1)C(N)=O. The predicted molar refractivity (Wildman–Crippen MR) is 154 cm³/mol. The fourth-order valence-electron chi connectivity index (χ4n) is 4.50. The van der Waals surface area contributed by atoms with Crippen LogP contribution in [-0.2, 0) is 19.1 Å². The van der Waals surface area contributed by atoms with E-state index in [1.807, 2.05) is 68.4 Å². The highest BCUT2D eigenvalue weighted by Crippen LogP contribution is 2.49. The predicted octanol–water partition coefficient (Wildman–Crippen LogP) is 4.40. The first-order valence-corrected chi connectivity index (χ1v) is 14.0. The molecule has 3 rings (SSSR count). The number of thioether (sulfide) groups is 1. The number of hydrogen-bond donors (Lipinski definition) is 3. The molecule has 7 heteroatoms. The molecule has 38 heavy (non-hydrogen) atoms. The Labute approximate surface area is 229 Å². The molecule has 200 valence electrons. The smallest absolute Gasteiger partial charge is 0.237 e. The second-order valence-corrected chi connectivity index (χ2v) is 10.6. The molecule has 0 radical (unpaired) electrons. The quantitative estimate of drug-likeness (QED) is 0.267. The van der Waals surface area contributed by atoms with Crippen molar-refractivity contribution in [3.05, 3.63) is 108 Å². The van der Waals surface area contributed by atoms with Crippen molar-refractivity contribution in [1.82, 2.24) is 5.32 Å². The largest absolute Gasteiger partial charge is 0.369 e. The number of hydrogen-bond acceptors (Lipinski definition) is 5. The van der Waals surface area contributed by atoms with Crippen LogP contribution >= 0.6 is 11.8 Å². The van der Waals surface area contributed by atoms with E-state index in [2.05, 4.69) is 41.7 Å². The molecule has 0 bridgehead atoms. The fourth-order valence-corrected chi connectivity index (χ4v) is 6.14. The molecule has 0 unspecified atom stereocenters. The van der Waals surface area contributed by atoms with Crippen molar-refractivity contribution >= 4 is 29.4 Å². The highest BCUT2D eigenvalue weighted by molar-refractivity contribution is 8.00. The summed E-state index contributed by atoms with van der Waals surface area (Å²) in [5.41, 5.74) is 14.8. The number of nitrogens with two attached hydrogens (primary N) is 2. The molecule has 0 aliphatic heterocycles. The molecule has 6 nitrogen and oxygen atoms in total. The van der Waals surface area contributed by atoms with Gasteiger partial charge in [0.1, 0.15) is 0 Å². The number of carbonyl (C=O) groups excluding carboxylic acids is 3. The molecular weight excluding hydrogens is 494 g/mol. The first kappa shape index (κ1) is 29.1. The molecule has 3 atom stereocenters. The van der Waals surface area contributed by atoms with Crippen molar-refractivity contribution in [1.29, 1.82) is 0 Å². The van der Waals surface area contributed by atoms with Crippen molar-refractivity contribution in [2.75, 3.05) is 5.75 Å². The maximum absolute atomic E-state index is 13.2. The van der Waals surface area contributed by atoms with Gasteiger partial charge < -0.3 is 16.8 Å². The second-order valence-electron chi connectivity index (χ2n) is 9.34. The van der Waals surface area contributed by atoms with E-state index in [0.29, 0.717) is 18.6 Å². The summed E-state index contributed by atoms with van der Waals surface area (Å²) in [6.45, 7) is 3.63. The van der Waals surface area contributed by atoms with Crippen molar-refractivity contribution in [2.45, 2.75) is 49.9 Å². The Morgan fingerprint density at radius 3 is 1.61 bits per heavy atom. The van der Waals surface area contributed by atoms with Crippen LogP contribution in [-0.4, -0.2) is 35.4 Å². The number of amides is 2. The zero-order valence-electron chi connectivity index (χ0n) is 22.0. The Kier molecular flexibility index (Phi) is 10.7. The molecule has 0 aliphatic rings. The van der Waals surface area contributed by atoms with E-state index in [0.717, 1.165) is 16.7 Å². The summed E-state index contributed by atoms with van der Waals surface area (Å²) in [5.74, 6) is -1.53. The average Bonchev–Trinajstić information content (AvgIpc) is 2.96. The van der Waals surface area contributed by atoms with E-state index in [-0.39, 0.29) is 18.1 Å². The zero-order chi connectivity index (χ0) is 27.5. The van der Waals surface area contributed by atoms with E-state index in [1.54, 1.807) is 11.8 Å². The summed E-state index contributed by atoms with van der Waals surface area (Å²) in [6.07, 6.45) is 0.816. The molecule has 0 heterocycles. The maximum atomic E-state index is 13.2. The summed E-state index contributed by atoms with van der Waals surface area (Å²) in [7, 11) is 0. The van der Waals surface area contributed by atoms with Crippen LogP contribution in [0.3, 0.4) is 0 Å². The van der Waals surface area contributed by atoms with Gasteiger partial charge in [-0.15, -0.1) is 11.8 Å². The van der Waals surface area contributed by atoms with E-state index >= 15 is 0 Å². The van der Waals surface area contributed by atoms with Gasteiger partial charge in [0.15, 0.2) is 5.78 Å². The Bertz CT molecular complexity index is 1090. The maximum Gasteiger partial charge on any atom is 0.237 e. The van der Waals surface area contributed by atoms with Crippen LogP contribution in [0.4, 0.5) is 0 Å². The van der Waals surface area contributed by atoms with Crippen LogP contribution < -0.4 is 16.8 Å². The van der Waals surface area contributed by atoms with Gasteiger partial charge in [0, 0.05) is 12.2 Å². The lowest BCUT2D eigenvalue weighted by Crippen LogP contribution is -2.48. The van der Waals surface area contributed by atoms with Crippen LogP contribution in [0.25, 0.3) is 0 Å². The number of primary amides is 1. The van der Waals surface area contributed by atoms with Gasteiger partial charge in [0.25, 0.3) is 0 Å². The van der Waals surface area contributed by atoms with Crippen LogP contribution in [0.5, 0.6) is 0 Å². The summed E-state index contributed by atoms with van der Waals surface area (Å²) < 4.78 is -0.632. The standard InChI is InChI=1S/C31H37N3O3S/c1-3-26(32)30(37)34-27(4-2)28(35)20-22(29(33)36)21-38-31(23-14-8-5-9-15-23,24-16-10-6-11-17-24)25-18-12-7-13-19-25/h5-19,22,26-27H,3-4,20-21,32H2,1-2H3,(H2,33,36)(H,34,37)/t22-,26-,27-/m0/s1. The Hall–Kier alpha value is -3.42. The van der Waals surface area contributed by atoms with Gasteiger partial charge in [-0.2, -0.15) is 0 Å². The highest BCUT2D eigenvalue weighted by Gasteiger charge is 2.38. The third kappa shape index (κ3) is 6.91. The first-order chi connectivity index (χ1) is 18.3. The molecular formula is C31H37N3O3S. The molecule has 0 aliphatic carbocycles.